The molecular weight excluding hydrogens is 392 g/mol. The summed E-state index contributed by atoms with van der Waals surface area (Å²) in [7, 11) is 0. The highest BCUT2D eigenvalue weighted by atomic mass is 79.9. The van der Waals surface area contributed by atoms with Crippen molar-refractivity contribution in [2.24, 2.45) is 5.10 Å². The van der Waals surface area contributed by atoms with Crippen molar-refractivity contribution in [3.63, 3.8) is 0 Å². The Bertz CT molecular complexity index is 1000. The minimum atomic E-state index is -0.176. The van der Waals surface area contributed by atoms with E-state index in [9.17, 15) is 4.79 Å². The highest BCUT2D eigenvalue weighted by molar-refractivity contribution is 9.10. The summed E-state index contributed by atoms with van der Waals surface area (Å²) in [5.74, 6) is 0.556. The molecule has 0 spiro atoms. The van der Waals surface area contributed by atoms with Crippen molar-refractivity contribution >= 4 is 38.7 Å². The van der Waals surface area contributed by atoms with Crippen LogP contribution in [0.2, 0.25) is 0 Å². The third-order valence-corrected chi connectivity index (χ3v) is 4.81. The maximum atomic E-state index is 12.7. The van der Waals surface area contributed by atoms with E-state index in [1.54, 1.807) is 19.2 Å². The lowest BCUT2D eigenvalue weighted by Crippen LogP contribution is -2.21. The number of aromatic nitrogens is 2. The predicted octanol–water partition coefficient (Wildman–Crippen LogP) is 4.20. The molecule has 3 aromatic rings. The molecule has 0 unspecified atom stereocenters. The smallest absolute Gasteiger partial charge is 0.282 e. The highest BCUT2D eigenvalue weighted by Crippen LogP contribution is 2.16. The molecule has 26 heavy (non-hydrogen) atoms. The topological polar surface area (TPSA) is 50.5 Å². The van der Waals surface area contributed by atoms with Gasteiger partial charge >= 0.3 is 0 Å². The van der Waals surface area contributed by atoms with Crippen molar-refractivity contribution in [3.8, 4) is 0 Å². The fraction of sp³-hybridized carbons (Fsp3) is 0.250. The molecule has 0 aliphatic heterocycles. The fourth-order valence-corrected chi connectivity index (χ4v) is 3.24. The second-order valence-corrected chi connectivity index (χ2v) is 6.86. The summed E-state index contributed by atoms with van der Waals surface area (Å²) < 4.78 is 2.18. The molecule has 3 rings (SSSR count). The minimum absolute atomic E-state index is 0.176. The number of fused-ring (bicyclic) bond motifs is 1. The Balaban J connectivity index is 1.94. The van der Waals surface area contributed by atoms with Gasteiger partial charge < -0.3 is 4.90 Å². The van der Waals surface area contributed by atoms with E-state index in [1.165, 1.54) is 10.4 Å². The van der Waals surface area contributed by atoms with Crippen LogP contribution >= 0.6 is 15.9 Å². The number of anilines is 1. The van der Waals surface area contributed by atoms with E-state index in [0.717, 1.165) is 23.1 Å². The Morgan fingerprint density at radius 1 is 1.15 bits per heavy atom. The molecule has 0 bridgehead atoms. The molecule has 5 nitrogen and oxygen atoms in total. The van der Waals surface area contributed by atoms with Crippen molar-refractivity contribution in [1.29, 1.82) is 0 Å². The number of nitrogens with zero attached hydrogens (tertiary/aromatic N) is 4. The molecule has 134 valence electrons. The zero-order chi connectivity index (χ0) is 18.7. The maximum Gasteiger partial charge on any atom is 0.282 e. The molecule has 0 amide bonds. The average Bonchev–Trinajstić information content (AvgIpc) is 2.64. The normalized spacial score (nSPS) is 11.4. The van der Waals surface area contributed by atoms with E-state index in [-0.39, 0.29) is 5.56 Å². The summed E-state index contributed by atoms with van der Waals surface area (Å²) in [4.78, 5) is 19.5. The van der Waals surface area contributed by atoms with Gasteiger partial charge in [0.15, 0.2) is 0 Å². The summed E-state index contributed by atoms with van der Waals surface area (Å²) in [5, 5.41) is 4.90. The lowest BCUT2D eigenvalue weighted by molar-refractivity contribution is 0.771. The van der Waals surface area contributed by atoms with E-state index in [4.69, 9.17) is 0 Å². The number of hydrogen-bond acceptors (Lipinski definition) is 4. The van der Waals surface area contributed by atoms with Crippen LogP contribution in [-0.2, 0) is 0 Å². The average molecular weight is 413 g/mol. The third-order valence-electron chi connectivity index (χ3n) is 4.31. The van der Waals surface area contributed by atoms with Gasteiger partial charge in [-0.25, -0.2) is 4.98 Å². The summed E-state index contributed by atoms with van der Waals surface area (Å²) >= 11 is 3.40. The highest BCUT2D eigenvalue weighted by Gasteiger charge is 2.07. The van der Waals surface area contributed by atoms with Crippen molar-refractivity contribution in [2.45, 2.75) is 20.8 Å². The van der Waals surface area contributed by atoms with Gasteiger partial charge in [-0.2, -0.15) is 9.78 Å². The van der Waals surface area contributed by atoms with Gasteiger partial charge in [0.25, 0.3) is 5.56 Å². The van der Waals surface area contributed by atoms with Gasteiger partial charge in [0.2, 0.25) is 0 Å². The predicted molar refractivity (Wildman–Crippen MR) is 111 cm³/mol. The lowest BCUT2D eigenvalue weighted by atomic mass is 10.2. The summed E-state index contributed by atoms with van der Waals surface area (Å²) in [6, 6.07) is 13.6. The van der Waals surface area contributed by atoms with Crippen LogP contribution in [0.1, 0.15) is 25.2 Å². The van der Waals surface area contributed by atoms with Gasteiger partial charge in [0, 0.05) is 23.2 Å². The first-order chi connectivity index (χ1) is 12.5. The van der Waals surface area contributed by atoms with E-state index in [2.05, 4.69) is 56.9 Å². The van der Waals surface area contributed by atoms with Crippen LogP contribution in [0.3, 0.4) is 0 Å². The first-order valence-electron chi connectivity index (χ1n) is 8.61. The monoisotopic (exact) mass is 412 g/mol. The summed E-state index contributed by atoms with van der Waals surface area (Å²) in [6.07, 6.45) is 1.69. The number of halogens is 1. The van der Waals surface area contributed by atoms with Crippen molar-refractivity contribution < 1.29 is 0 Å². The molecule has 2 aromatic carbocycles. The van der Waals surface area contributed by atoms with Crippen LogP contribution in [-0.4, -0.2) is 29.0 Å². The Morgan fingerprint density at radius 2 is 1.85 bits per heavy atom. The number of aryl methyl sites for hydroxylation is 1. The first-order valence-corrected chi connectivity index (χ1v) is 9.41. The van der Waals surface area contributed by atoms with Crippen molar-refractivity contribution in [2.75, 3.05) is 18.0 Å². The number of benzene rings is 2. The zero-order valence-electron chi connectivity index (χ0n) is 15.1. The number of rotatable bonds is 5. The molecule has 0 fully saturated rings. The SMILES string of the molecule is CCN(CC)c1ccc(C=Nn2c(C)nc3ccc(Br)cc3c2=O)cc1. The molecule has 0 atom stereocenters. The summed E-state index contributed by atoms with van der Waals surface area (Å²) in [5.41, 5.74) is 2.61. The molecule has 0 radical (unpaired) electrons. The summed E-state index contributed by atoms with van der Waals surface area (Å²) in [6.45, 7) is 8.00. The Hall–Kier alpha value is -2.47. The van der Waals surface area contributed by atoms with Crippen LogP contribution in [0, 0.1) is 6.92 Å². The zero-order valence-corrected chi connectivity index (χ0v) is 16.7. The third kappa shape index (κ3) is 3.70. The van der Waals surface area contributed by atoms with Crippen molar-refractivity contribution in [1.82, 2.24) is 9.66 Å². The van der Waals surface area contributed by atoms with Crippen LogP contribution in [0.4, 0.5) is 5.69 Å². The molecular formula is C20H21BrN4O. The lowest BCUT2D eigenvalue weighted by Gasteiger charge is -2.20. The largest absolute Gasteiger partial charge is 0.372 e. The van der Waals surface area contributed by atoms with Crippen LogP contribution in [0.5, 0.6) is 0 Å². The van der Waals surface area contributed by atoms with E-state index in [1.807, 2.05) is 24.3 Å². The Labute approximate surface area is 161 Å². The molecule has 0 aliphatic carbocycles. The van der Waals surface area contributed by atoms with Gasteiger partial charge in [0.05, 0.1) is 17.1 Å². The van der Waals surface area contributed by atoms with E-state index >= 15 is 0 Å². The van der Waals surface area contributed by atoms with Gasteiger partial charge in [-0.05, 0) is 56.7 Å². The van der Waals surface area contributed by atoms with Gasteiger partial charge in [-0.3, -0.25) is 4.79 Å². The van der Waals surface area contributed by atoms with Gasteiger partial charge in [-0.1, -0.05) is 28.1 Å². The first kappa shape index (κ1) is 18.3. The van der Waals surface area contributed by atoms with Crippen LogP contribution < -0.4 is 10.5 Å². The van der Waals surface area contributed by atoms with E-state index in [0.29, 0.717) is 16.7 Å². The quantitative estimate of drug-likeness (QED) is 0.590. The molecule has 0 saturated carbocycles. The Morgan fingerprint density at radius 3 is 2.50 bits per heavy atom. The standard InChI is InChI=1S/C20H21BrN4O/c1-4-24(5-2)17-9-6-15(7-10-17)13-22-25-14(3)23-19-11-8-16(21)12-18(19)20(25)26/h6-13H,4-5H2,1-3H3. The molecule has 0 aliphatic rings. The molecule has 0 N–H and O–H groups in total. The molecule has 1 heterocycles. The fourth-order valence-electron chi connectivity index (χ4n) is 2.88. The van der Waals surface area contributed by atoms with Crippen LogP contribution in [0.15, 0.2) is 56.8 Å². The van der Waals surface area contributed by atoms with Crippen molar-refractivity contribution in [3.05, 3.63) is 68.7 Å². The van der Waals surface area contributed by atoms with E-state index < -0.39 is 0 Å². The maximum absolute atomic E-state index is 12.7. The van der Waals surface area contributed by atoms with Crippen LogP contribution in [0.25, 0.3) is 10.9 Å². The van der Waals surface area contributed by atoms with Gasteiger partial charge in [0.1, 0.15) is 5.82 Å². The second kappa shape index (κ2) is 7.83. The minimum Gasteiger partial charge on any atom is -0.372 e. The molecule has 6 heteroatoms. The molecule has 0 saturated heterocycles. The second-order valence-electron chi connectivity index (χ2n) is 5.95. The number of hydrogen-bond donors (Lipinski definition) is 0. The molecule has 1 aromatic heterocycles. The van der Waals surface area contributed by atoms with Gasteiger partial charge in [-0.15, -0.1) is 0 Å². The Kier molecular flexibility index (Phi) is 5.52.